The van der Waals surface area contributed by atoms with Crippen LogP contribution in [0.3, 0.4) is 0 Å². The van der Waals surface area contributed by atoms with Crippen molar-refractivity contribution in [3.05, 3.63) is 63.8 Å². The van der Waals surface area contributed by atoms with E-state index in [1.807, 2.05) is 25.3 Å². The highest BCUT2D eigenvalue weighted by Crippen LogP contribution is 2.37. The van der Waals surface area contributed by atoms with E-state index in [1.165, 1.54) is 12.0 Å². The standard InChI is InChI=1S/C24H28N6O2/c1-3-17-24(32)28-20-12-15(4-6-18(20)27-17)14-29-10-11-30(22-9-8-21(22)29)16-5-7-19(26-13-16)23(31)25-2/h4-7,12-13,21-22H,3,8-11,14H2,1-2H3,(H,25,31)(H,28,32)/t21-,22+/m1/s1. The molecule has 1 saturated heterocycles. The van der Waals surface area contributed by atoms with Crippen molar-refractivity contribution in [2.24, 2.45) is 0 Å². The van der Waals surface area contributed by atoms with Crippen LogP contribution in [0.5, 0.6) is 0 Å². The fraction of sp³-hybridized carbons (Fsp3) is 0.417. The Balaban J connectivity index is 1.30. The molecule has 2 N–H and O–H groups in total. The molecule has 0 bridgehead atoms. The van der Waals surface area contributed by atoms with Crippen molar-refractivity contribution in [3.63, 3.8) is 0 Å². The van der Waals surface area contributed by atoms with E-state index in [4.69, 9.17) is 0 Å². The number of benzene rings is 1. The molecule has 166 valence electrons. The topological polar surface area (TPSA) is 94.2 Å². The van der Waals surface area contributed by atoms with Gasteiger partial charge in [0.25, 0.3) is 11.5 Å². The second-order valence-corrected chi connectivity index (χ2v) is 8.57. The van der Waals surface area contributed by atoms with Crippen molar-refractivity contribution in [1.29, 1.82) is 0 Å². The first kappa shape index (κ1) is 20.6. The van der Waals surface area contributed by atoms with Gasteiger partial charge < -0.3 is 15.2 Å². The number of amides is 1. The zero-order valence-corrected chi connectivity index (χ0v) is 18.5. The number of pyridine rings is 1. The number of hydrogen-bond donors (Lipinski definition) is 2. The summed E-state index contributed by atoms with van der Waals surface area (Å²) in [4.78, 5) is 40.7. The van der Waals surface area contributed by atoms with Crippen LogP contribution in [-0.4, -0.2) is 58.0 Å². The maximum absolute atomic E-state index is 12.2. The number of carbonyl (C=O) groups is 1. The Morgan fingerprint density at radius 3 is 2.72 bits per heavy atom. The highest BCUT2D eigenvalue weighted by molar-refractivity contribution is 5.92. The van der Waals surface area contributed by atoms with Crippen LogP contribution in [0.4, 0.5) is 5.69 Å². The Hall–Kier alpha value is -3.26. The minimum atomic E-state index is -0.166. The molecule has 8 heteroatoms. The van der Waals surface area contributed by atoms with Gasteiger partial charge in [-0.2, -0.15) is 0 Å². The Morgan fingerprint density at radius 2 is 2.03 bits per heavy atom. The molecule has 0 radical (unpaired) electrons. The van der Waals surface area contributed by atoms with Crippen molar-refractivity contribution in [1.82, 2.24) is 25.2 Å². The Labute approximate surface area is 186 Å². The number of aromatic nitrogens is 3. The number of rotatable bonds is 5. The Morgan fingerprint density at radius 1 is 1.19 bits per heavy atom. The third kappa shape index (κ3) is 3.64. The molecule has 5 rings (SSSR count). The molecule has 3 aromatic rings. The quantitative estimate of drug-likeness (QED) is 0.641. The number of nitrogens with zero attached hydrogens (tertiary/aromatic N) is 4. The predicted octanol–water partition coefficient (Wildman–Crippen LogP) is 2.09. The first-order valence-electron chi connectivity index (χ1n) is 11.3. The molecule has 1 aliphatic heterocycles. The average Bonchev–Trinajstić information content (AvgIpc) is 2.79. The SMILES string of the molecule is CCc1nc2ccc(CN3CCN(c4ccc(C(=O)NC)nc4)[C@H]4CC[C@H]43)cc2[nH]c1=O. The number of H-pyrrole nitrogens is 1. The second kappa shape index (κ2) is 8.35. The zero-order valence-electron chi connectivity index (χ0n) is 18.5. The van der Waals surface area contributed by atoms with E-state index in [1.54, 1.807) is 13.1 Å². The highest BCUT2D eigenvalue weighted by atomic mass is 16.1. The van der Waals surface area contributed by atoms with E-state index in [2.05, 4.69) is 42.2 Å². The molecule has 8 nitrogen and oxygen atoms in total. The summed E-state index contributed by atoms with van der Waals surface area (Å²) in [6, 6.07) is 10.9. The number of carbonyl (C=O) groups excluding carboxylic acids is 1. The monoisotopic (exact) mass is 432 g/mol. The zero-order chi connectivity index (χ0) is 22.2. The maximum atomic E-state index is 12.2. The number of hydrogen-bond acceptors (Lipinski definition) is 6. The molecule has 2 fully saturated rings. The summed E-state index contributed by atoms with van der Waals surface area (Å²) in [5.41, 5.74) is 4.83. The molecular formula is C24H28N6O2. The Kier molecular flexibility index (Phi) is 5.38. The highest BCUT2D eigenvalue weighted by Gasteiger charge is 2.42. The number of anilines is 1. The number of piperazine rings is 1. The van der Waals surface area contributed by atoms with Crippen LogP contribution in [0, 0.1) is 0 Å². The van der Waals surface area contributed by atoms with E-state index < -0.39 is 0 Å². The molecule has 3 heterocycles. The minimum absolute atomic E-state index is 0.0964. The van der Waals surface area contributed by atoms with Crippen molar-refractivity contribution in [3.8, 4) is 0 Å². The van der Waals surface area contributed by atoms with Gasteiger partial charge in [0.15, 0.2) is 0 Å². The second-order valence-electron chi connectivity index (χ2n) is 8.57. The molecule has 1 aliphatic carbocycles. The lowest BCUT2D eigenvalue weighted by Crippen LogP contribution is -2.64. The molecule has 0 spiro atoms. The van der Waals surface area contributed by atoms with Crippen LogP contribution in [0.15, 0.2) is 41.3 Å². The molecule has 2 atom stereocenters. The lowest BCUT2D eigenvalue weighted by molar-refractivity contribution is 0.0659. The van der Waals surface area contributed by atoms with Gasteiger partial charge >= 0.3 is 0 Å². The smallest absolute Gasteiger partial charge is 0.270 e. The van der Waals surface area contributed by atoms with E-state index >= 15 is 0 Å². The maximum Gasteiger partial charge on any atom is 0.270 e. The van der Waals surface area contributed by atoms with Gasteiger partial charge in [-0.15, -0.1) is 0 Å². The van der Waals surface area contributed by atoms with Crippen LogP contribution in [0.2, 0.25) is 0 Å². The molecule has 2 aliphatic rings. The van der Waals surface area contributed by atoms with Crippen molar-refractivity contribution in [2.75, 3.05) is 25.0 Å². The number of nitrogens with one attached hydrogen (secondary N) is 2. The first-order valence-corrected chi connectivity index (χ1v) is 11.3. The third-order valence-electron chi connectivity index (χ3n) is 6.79. The van der Waals surface area contributed by atoms with Crippen molar-refractivity contribution < 1.29 is 4.79 Å². The summed E-state index contributed by atoms with van der Waals surface area (Å²) >= 11 is 0. The van der Waals surface area contributed by atoms with Crippen molar-refractivity contribution in [2.45, 2.75) is 44.8 Å². The fourth-order valence-electron chi connectivity index (χ4n) is 4.90. The van der Waals surface area contributed by atoms with Crippen LogP contribution in [-0.2, 0) is 13.0 Å². The molecule has 0 unspecified atom stereocenters. The molecule has 1 aromatic carbocycles. The summed E-state index contributed by atoms with van der Waals surface area (Å²) in [5.74, 6) is -0.166. The summed E-state index contributed by atoms with van der Waals surface area (Å²) < 4.78 is 0. The van der Waals surface area contributed by atoms with Gasteiger partial charge in [-0.05, 0) is 49.1 Å². The van der Waals surface area contributed by atoms with Crippen molar-refractivity contribution >= 4 is 22.6 Å². The average molecular weight is 433 g/mol. The first-order chi connectivity index (χ1) is 15.6. The van der Waals surface area contributed by atoms with Gasteiger partial charge in [0.05, 0.1) is 22.9 Å². The van der Waals surface area contributed by atoms with Gasteiger partial charge in [0.1, 0.15) is 11.4 Å². The van der Waals surface area contributed by atoms with Crippen LogP contribution in [0.1, 0.15) is 41.5 Å². The molecule has 1 amide bonds. The Bertz CT molecular complexity index is 1210. The molecule has 1 saturated carbocycles. The summed E-state index contributed by atoms with van der Waals surface area (Å²) in [6.45, 7) is 4.68. The van der Waals surface area contributed by atoms with Gasteiger partial charge in [-0.3, -0.25) is 14.5 Å². The van der Waals surface area contributed by atoms with Crippen LogP contribution >= 0.6 is 0 Å². The number of aryl methyl sites for hydroxylation is 1. The van der Waals surface area contributed by atoms with E-state index in [9.17, 15) is 9.59 Å². The van der Waals surface area contributed by atoms with Crippen LogP contribution in [0.25, 0.3) is 11.0 Å². The molecular weight excluding hydrogens is 404 g/mol. The van der Waals surface area contributed by atoms with Crippen LogP contribution < -0.4 is 15.8 Å². The fourth-order valence-corrected chi connectivity index (χ4v) is 4.90. The summed E-state index contributed by atoms with van der Waals surface area (Å²) in [6.07, 6.45) is 4.78. The van der Waals surface area contributed by atoms with E-state index in [0.29, 0.717) is 29.9 Å². The molecule has 2 aromatic heterocycles. The van der Waals surface area contributed by atoms with E-state index in [0.717, 1.165) is 42.8 Å². The normalized spacial score (nSPS) is 20.6. The lowest BCUT2D eigenvalue weighted by atomic mass is 9.81. The van der Waals surface area contributed by atoms with Gasteiger partial charge in [-0.25, -0.2) is 9.97 Å². The lowest BCUT2D eigenvalue weighted by Gasteiger charge is -2.54. The number of fused-ring (bicyclic) bond motifs is 2. The van der Waals surface area contributed by atoms with Gasteiger partial charge in [0.2, 0.25) is 0 Å². The number of aromatic amines is 1. The largest absolute Gasteiger partial charge is 0.364 e. The summed E-state index contributed by atoms with van der Waals surface area (Å²) in [5, 5.41) is 2.61. The minimum Gasteiger partial charge on any atom is -0.364 e. The predicted molar refractivity (Wildman–Crippen MR) is 124 cm³/mol. The van der Waals surface area contributed by atoms with Gasteiger partial charge in [0, 0.05) is 38.8 Å². The third-order valence-corrected chi connectivity index (χ3v) is 6.79. The van der Waals surface area contributed by atoms with E-state index in [-0.39, 0.29) is 11.5 Å². The molecule has 32 heavy (non-hydrogen) atoms. The van der Waals surface area contributed by atoms with Gasteiger partial charge in [-0.1, -0.05) is 13.0 Å². The summed E-state index contributed by atoms with van der Waals surface area (Å²) in [7, 11) is 1.61.